The minimum atomic E-state index is -0.171. The first kappa shape index (κ1) is 10.5. The summed E-state index contributed by atoms with van der Waals surface area (Å²) in [5.74, 6) is 0.892. The molecule has 0 amide bonds. The maximum atomic E-state index is 9.62. The molecule has 1 saturated carbocycles. The van der Waals surface area contributed by atoms with Crippen molar-refractivity contribution in [1.82, 2.24) is 19.5 Å². The Bertz CT molecular complexity index is 516. The largest absolute Gasteiger partial charge is 0.393 e. The Morgan fingerprint density at radius 2 is 2.29 bits per heavy atom. The Kier molecular flexibility index (Phi) is 2.48. The van der Waals surface area contributed by atoms with Crippen molar-refractivity contribution in [2.45, 2.75) is 38.3 Å². The van der Waals surface area contributed by atoms with Gasteiger partial charge in [-0.05, 0) is 26.2 Å². The molecule has 2 atom stereocenters. The second-order valence-corrected chi connectivity index (χ2v) is 4.65. The Labute approximate surface area is 99.5 Å². The van der Waals surface area contributed by atoms with E-state index in [0.717, 1.165) is 36.5 Å². The van der Waals surface area contributed by atoms with E-state index in [-0.39, 0.29) is 6.10 Å². The molecule has 2 aromatic heterocycles. The van der Waals surface area contributed by atoms with E-state index in [2.05, 4.69) is 19.5 Å². The average molecular weight is 232 g/mol. The van der Waals surface area contributed by atoms with Crippen molar-refractivity contribution in [3.63, 3.8) is 0 Å². The van der Waals surface area contributed by atoms with Gasteiger partial charge in [-0.2, -0.15) is 0 Å². The van der Waals surface area contributed by atoms with Crippen LogP contribution in [0.5, 0.6) is 0 Å². The smallest absolute Gasteiger partial charge is 0.160 e. The maximum absolute atomic E-state index is 9.62. The molecular formula is C12H16N4O. The van der Waals surface area contributed by atoms with Gasteiger partial charge in [0, 0.05) is 24.1 Å². The van der Waals surface area contributed by atoms with Crippen molar-refractivity contribution in [2.24, 2.45) is 0 Å². The summed E-state index contributed by atoms with van der Waals surface area (Å²) in [6.07, 6.45) is 7.99. The van der Waals surface area contributed by atoms with Crippen molar-refractivity contribution in [3.05, 3.63) is 24.4 Å². The highest BCUT2D eigenvalue weighted by Gasteiger charge is 2.26. The molecule has 0 bridgehead atoms. The molecule has 17 heavy (non-hydrogen) atoms. The lowest BCUT2D eigenvalue weighted by atomic mass is 10.2. The van der Waals surface area contributed by atoms with E-state index in [4.69, 9.17) is 0 Å². The van der Waals surface area contributed by atoms with Crippen LogP contribution in [0.1, 0.15) is 31.0 Å². The first-order valence-corrected chi connectivity index (χ1v) is 5.97. The topological polar surface area (TPSA) is 66.7 Å². The molecule has 2 N–H and O–H groups in total. The van der Waals surface area contributed by atoms with E-state index in [1.807, 2.05) is 13.1 Å². The minimum Gasteiger partial charge on any atom is -0.393 e. The molecule has 0 spiro atoms. The van der Waals surface area contributed by atoms with E-state index in [9.17, 15) is 5.11 Å². The molecular weight excluding hydrogens is 216 g/mol. The Balaban J connectivity index is 1.97. The zero-order valence-corrected chi connectivity index (χ0v) is 9.80. The third kappa shape index (κ3) is 1.76. The van der Waals surface area contributed by atoms with Gasteiger partial charge in [-0.25, -0.2) is 9.97 Å². The first-order valence-electron chi connectivity index (χ1n) is 5.97. The van der Waals surface area contributed by atoms with Crippen molar-refractivity contribution in [1.29, 1.82) is 0 Å². The lowest BCUT2D eigenvalue weighted by Crippen LogP contribution is -2.08. The van der Waals surface area contributed by atoms with Gasteiger partial charge in [0.15, 0.2) is 5.82 Å². The number of nitrogens with zero attached hydrogens (tertiary/aromatic N) is 3. The van der Waals surface area contributed by atoms with Crippen molar-refractivity contribution >= 4 is 0 Å². The molecule has 0 unspecified atom stereocenters. The number of nitrogens with one attached hydrogen (secondary N) is 1. The third-order valence-electron chi connectivity index (χ3n) is 3.48. The van der Waals surface area contributed by atoms with Crippen LogP contribution in [0.3, 0.4) is 0 Å². The quantitative estimate of drug-likeness (QED) is 0.827. The van der Waals surface area contributed by atoms with Crippen LogP contribution in [0.2, 0.25) is 0 Å². The van der Waals surface area contributed by atoms with E-state index >= 15 is 0 Å². The molecule has 90 valence electrons. The summed E-state index contributed by atoms with van der Waals surface area (Å²) in [5.41, 5.74) is 1.92. The average Bonchev–Trinajstić information content (AvgIpc) is 2.97. The molecule has 0 aliphatic heterocycles. The number of imidazole rings is 2. The summed E-state index contributed by atoms with van der Waals surface area (Å²) in [7, 11) is 0. The van der Waals surface area contributed by atoms with Gasteiger partial charge in [-0.1, -0.05) is 0 Å². The zero-order valence-electron chi connectivity index (χ0n) is 9.80. The van der Waals surface area contributed by atoms with Crippen LogP contribution in [-0.2, 0) is 0 Å². The Morgan fingerprint density at radius 3 is 2.94 bits per heavy atom. The standard InChI is InChI=1S/C12H16N4O/c1-8-11(15-7-14-8)12-13-4-5-16(12)9-2-3-10(17)6-9/h4-5,7,9-10,17H,2-3,6H2,1H3,(H,14,15)/t9-,10+/m1/s1. The first-order chi connectivity index (χ1) is 8.25. The number of aromatic amines is 1. The summed E-state index contributed by atoms with van der Waals surface area (Å²) in [4.78, 5) is 11.8. The van der Waals surface area contributed by atoms with Crippen LogP contribution in [0, 0.1) is 6.92 Å². The van der Waals surface area contributed by atoms with Crippen LogP contribution in [0.25, 0.3) is 11.5 Å². The maximum Gasteiger partial charge on any atom is 0.160 e. The van der Waals surface area contributed by atoms with Crippen LogP contribution < -0.4 is 0 Å². The highest BCUT2D eigenvalue weighted by molar-refractivity contribution is 5.53. The van der Waals surface area contributed by atoms with Crippen LogP contribution in [-0.4, -0.2) is 30.7 Å². The van der Waals surface area contributed by atoms with Gasteiger partial charge in [-0.3, -0.25) is 0 Å². The fourth-order valence-electron chi connectivity index (χ4n) is 2.56. The monoisotopic (exact) mass is 232 g/mol. The molecule has 3 rings (SSSR count). The lowest BCUT2D eigenvalue weighted by molar-refractivity contribution is 0.178. The van der Waals surface area contributed by atoms with Gasteiger partial charge in [0.1, 0.15) is 5.69 Å². The number of rotatable bonds is 2. The number of aryl methyl sites for hydroxylation is 1. The molecule has 0 saturated heterocycles. The number of hydrogen-bond donors (Lipinski definition) is 2. The van der Waals surface area contributed by atoms with Crippen LogP contribution >= 0.6 is 0 Å². The molecule has 1 aliphatic rings. The summed E-state index contributed by atoms with van der Waals surface area (Å²) in [6, 6.07) is 0.346. The van der Waals surface area contributed by atoms with Gasteiger partial charge in [0.05, 0.1) is 12.4 Å². The highest BCUT2D eigenvalue weighted by Crippen LogP contribution is 2.33. The number of aliphatic hydroxyl groups excluding tert-OH is 1. The number of aromatic nitrogens is 4. The normalized spacial score (nSPS) is 24.4. The molecule has 0 radical (unpaired) electrons. The highest BCUT2D eigenvalue weighted by atomic mass is 16.3. The fraction of sp³-hybridized carbons (Fsp3) is 0.500. The Morgan fingerprint density at radius 1 is 1.41 bits per heavy atom. The molecule has 0 aromatic carbocycles. The van der Waals surface area contributed by atoms with Gasteiger partial charge < -0.3 is 14.7 Å². The molecule has 1 fully saturated rings. The molecule has 2 aromatic rings. The van der Waals surface area contributed by atoms with E-state index in [0.29, 0.717) is 6.04 Å². The van der Waals surface area contributed by atoms with Gasteiger partial charge in [-0.15, -0.1) is 0 Å². The minimum absolute atomic E-state index is 0.171. The number of aliphatic hydroxyl groups is 1. The fourth-order valence-corrected chi connectivity index (χ4v) is 2.56. The number of H-pyrrole nitrogens is 1. The molecule has 5 heteroatoms. The van der Waals surface area contributed by atoms with Crippen molar-refractivity contribution in [2.75, 3.05) is 0 Å². The third-order valence-corrected chi connectivity index (χ3v) is 3.48. The van der Waals surface area contributed by atoms with Crippen molar-refractivity contribution < 1.29 is 5.11 Å². The van der Waals surface area contributed by atoms with E-state index in [1.54, 1.807) is 12.5 Å². The van der Waals surface area contributed by atoms with Gasteiger partial charge in [0.25, 0.3) is 0 Å². The van der Waals surface area contributed by atoms with Crippen LogP contribution in [0.4, 0.5) is 0 Å². The predicted molar refractivity (Wildman–Crippen MR) is 63.4 cm³/mol. The second-order valence-electron chi connectivity index (χ2n) is 4.65. The zero-order chi connectivity index (χ0) is 11.8. The summed E-state index contributed by atoms with van der Waals surface area (Å²) < 4.78 is 2.14. The SMILES string of the molecule is Cc1[nH]cnc1-c1nccn1[C@@H]1CC[C@H](O)C1. The lowest BCUT2D eigenvalue weighted by Gasteiger charge is -2.14. The summed E-state index contributed by atoms with van der Waals surface area (Å²) in [6.45, 7) is 1.99. The van der Waals surface area contributed by atoms with Crippen LogP contribution in [0.15, 0.2) is 18.7 Å². The second kappa shape index (κ2) is 4.00. The predicted octanol–water partition coefficient (Wildman–Crippen LogP) is 1.67. The molecule has 5 nitrogen and oxygen atoms in total. The van der Waals surface area contributed by atoms with Gasteiger partial charge in [0.2, 0.25) is 0 Å². The number of hydrogen-bond acceptors (Lipinski definition) is 3. The molecule has 2 heterocycles. The summed E-state index contributed by atoms with van der Waals surface area (Å²) >= 11 is 0. The van der Waals surface area contributed by atoms with Gasteiger partial charge >= 0.3 is 0 Å². The van der Waals surface area contributed by atoms with E-state index in [1.165, 1.54) is 0 Å². The summed E-state index contributed by atoms with van der Waals surface area (Å²) in [5, 5.41) is 9.62. The molecule has 1 aliphatic carbocycles. The van der Waals surface area contributed by atoms with E-state index < -0.39 is 0 Å². The van der Waals surface area contributed by atoms with Crippen molar-refractivity contribution in [3.8, 4) is 11.5 Å². The Hall–Kier alpha value is -1.62.